The van der Waals surface area contributed by atoms with Crippen LogP contribution in [0, 0.1) is 5.92 Å². The summed E-state index contributed by atoms with van der Waals surface area (Å²) in [6, 6.07) is 0.757. The van der Waals surface area contributed by atoms with E-state index >= 15 is 0 Å². The van der Waals surface area contributed by atoms with Crippen LogP contribution in [-0.2, 0) is 0 Å². The summed E-state index contributed by atoms with van der Waals surface area (Å²) in [7, 11) is 0. The van der Waals surface area contributed by atoms with Gasteiger partial charge in [-0.2, -0.15) is 0 Å². The van der Waals surface area contributed by atoms with Crippen LogP contribution >= 0.6 is 0 Å². The summed E-state index contributed by atoms with van der Waals surface area (Å²) < 4.78 is 0. The topological polar surface area (TPSA) is 34.7 Å². The predicted octanol–water partition coefficient (Wildman–Crippen LogP) is 1.82. The minimum absolute atomic E-state index is 0. The van der Waals surface area contributed by atoms with Crippen molar-refractivity contribution in [3.05, 3.63) is 12.3 Å². The Balaban J connectivity index is 0.00000121. The van der Waals surface area contributed by atoms with Gasteiger partial charge in [0.25, 0.3) is 0 Å². The first-order valence-corrected chi connectivity index (χ1v) is 4.55. The summed E-state index contributed by atoms with van der Waals surface area (Å²) in [4.78, 5) is 2.45. The third-order valence-electron chi connectivity index (χ3n) is 2.56. The third kappa shape index (κ3) is 2.24. The lowest BCUT2D eigenvalue weighted by molar-refractivity contribution is 0.260. The molecule has 2 nitrogen and oxygen atoms in total. The van der Waals surface area contributed by atoms with Crippen LogP contribution in [0.3, 0.4) is 0 Å². The first-order valence-electron chi connectivity index (χ1n) is 4.55. The molecule has 0 aromatic heterocycles. The lowest BCUT2D eigenvalue weighted by Gasteiger charge is -2.29. The second-order valence-corrected chi connectivity index (χ2v) is 3.88. The summed E-state index contributed by atoms with van der Waals surface area (Å²) in [5.74, 6) is 0.772. The van der Waals surface area contributed by atoms with Crippen LogP contribution in [0.1, 0.15) is 33.6 Å². The molecule has 0 bridgehead atoms. The fourth-order valence-corrected chi connectivity index (χ4v) is 1.96. The molecule has 0 aliphatic carbocycles. The highest BCUT2D eigenvalue weighted by molar-refractivity contribution is 4.97. The summed E-state index contributed by atoms with van der Waals surface area (Å²) in [6.45, 7) is 11.9. The second kappa shape index (κ2) is 4.51. The summed E-state index contributed by atoms with van der Waals surface area (Å²) in [6.07, 6.45) is 2.69. The zero-order valence-electron chi connectivity index (χ0n) is 8.43. The maximum absolute atomic E-state index is 4.00. The minimum atomic E-state index is 0. The first-order chi connectivity index (χ1) is 5.13. The Hall–Kier alpha value is -0.500. The van der Waals surface area contributed by atoms with E-state index in [1.165, 1.54) is 25.1 Å². The number of rotatable bonds is 2. The molecule has 0 radical (unpaired) electrons. The molecule has 1 saturated heterocycles. The van der Waals surface area contributed by atoms with E-state index in [9.17, 15) is 0 Å². The van der Waals surface area contributed by atoms with Crippen LogP contribution in [0.15, 0.2) is 12.3 Å². The number of hydrogen-bond donors (Lipinski definition) is 0. The van der Waals surface area contributed by atoms with Crippen LogP contribution in [0.2, 0.25) is 0 Å². The standard InChI is InChI=1S/C10H19N.H2O/c1-8(2)10-6-5-7-11(10)9(3)4;/h8,10H,3,5-7H2,1-2,4H3;1H2/t10-;/m0./s1. The van der Waals surface area contributed by atoms with E-state index in [2.05, 4.69) is 32.3 Å². The molecule has 1 fully saturated rings. The van der Waals surface area contributed by atoms with Gasteiger partial charge >= 0.3 is 0 Å². The average molecular weight is 171 g/mol. The smallest absolute Gasteiger partial charge is 0.0310 e. The number of hydrogen-bond acceptors (Lipinski definition) is 1. The van der Waals surface area contributed by atoms with Gasteiger partial charge in [0.05, 0.1) is 0 Å². The Kier molecular flexibility index (Phi) is 4.32. The van der Waals surface area contributed by atoms with Gasteiger partial charge in [0.1, 0.15) is 0 Å². The van der Waals surface area contributed by atoms with Crippen molar-refractivity contribution in [1.82, 2.24) is 4.90 Å². The van der Waals surface area contributed by atoms with Gasteiger partial charge in [0.15, 0.2) is 0 Å². The lowest BCUT2D eigenvalue weighted by atomic mass is 10.0. The highest BCUT2D eigenvalue weighted by Gasteiger charge is 2.25. The van der Waals surface area contributed by atoms with Gasteiger partial charge in [-0.05, 0) is 25.7 Å². The van der Waals surface area contributed by atoms with Gasteiger partial charge in [-0.1, -0.05) is 20.4 Å². The van der Waals surface area contributed by atoms with E-state index in [0.29, 0.717) is 0 Å². The molecule has 1 aliphatic rings. The van der Waals surface area contributed by atoms with Gasteiger partial charge < -0.3 is 10.4 Å². The third-order valence-corrected chi connectivity index (χ3v) is 2.56. The number of likely N-dealkylation sites (tertiary alicyclic amines) is 1. The molecule has 0 aromatic rings. The molecule has 1 atom stereocenters. The fourth-order valence-electron chi connectivity index (χ4n) is 1.96. The molecule has 0 spiro atoms. The van der Waals surface area contributed by atoms with Gasteiger partial charge in [-0.15, -0.1) is 0 Å². The Morgan fingerprint density at radius 1 is 1.50 bits per heavy atom. The zero-order valence-corrected chi connectivity index (χ0v) is 8.43. The SMILES string of the molecule is C=C(C)N1CCC[C@H]1C(C)C.O. The van der Waals surface area contributed by atoms with Crippen molar-refractivity contribution < 1.29 is 5.48 Å². The monoisotopic (exact) mass is 171 g/mol. The normalized spacial score (nSPS) is 22.7. The van der Waals surface area contributed by atoms with E-state index in [0.717, 1.165) is 12.0 Å². The quantitative estimate of drug-likeness (QED) is 0.624. The number of nitrogens with zero attached hydrogens (tertiary/aromatic N) is 1. The highest BCUT2D eigenvalue weighted by Crippen LogP contribution is 2.26. The molecule has 1 heterocycles. The zero-order chi connectivity index (χ0) is 8.43. The maximum Gasteiger partial charge on any atom is 0.0310 e. The maximum atomic E-state index is 4.00. The van der Waals surface area contributed by atoms with Crippen LogP contribution in [-0.4, -0.2) is 23.0 Å². The Morgan fingerprint density at radius 3 is 2.42 bits per heavy atom. The van der Waals surface area contributed by atoms with Gasteiger partial charge in [0, 0.05) is 18.3 Å². The minimum Gasteiger partial charge on any atom is -0.412 e. The fraction of sp³-hybridized carbons (Fsp3) is 0.800. The van der Waals surface area contributed by atoms with Crippen molar-refractivity contribution in [2.24, 2.45) is 5.92 Å². The Morgan fingerprint density at radius 2 is 2.08 bits per heavy atom. The molecular formula is C10H21NO. The van der Waals surface area contributed by atoms with Crippen molar-refractivity contribution in [3.8, 4) is 0 Å². The Bertz CT molecular complexity index is 154. The highest BCUT2D eigenvalue weighted by atomic mass is 16.0. The van der Waals surface area contributed by atoms with E-state index in [-0.39, 0.29) is 5.48 Å². The van der Waals surface area contributed by atoms with Crippen molar-refractivity contribution >= 4 is 0 Å². The molecule has 2 N–H and O–H groups in total. The summed E-state index contributed by atoms with van der Waals surface area (Å²) in [5.41, 5.74) is 1.24. The lowest BCUT2D eigenvalue weighted by Crippen LogP contribution is -2.31. The van der Waals surface area contributed by atoms with Crippen LogP contribution in [0.5, 0.6) is 0 Å². The van der Waals surface area contributed by atoms with Gasteiger partial charge in [-0.3, -0.25) is 0 Å². The average Bonchev–Trinajstić information content (AvgIpc) is 2.32. The molecule has 2 heteroatoms. The molecule has 0 saturated carbocycles. The summed E-state index contributed by atoms with van der Waals surface area (Å²) >= 11 is 0. The Labute approximate surface area is 75.6 Å². The molecule has 72 valence electrons. The van der Waals surface area contributed by atoms with Crippen LogP contribution in [0.4, 0.5) is 0 Å². The van der Waals surface area contributed by atoms with E-state index in [4.69, 9.17) is 0 Å². The van der Waals surface area contributed by atoms with Crippen molar-refractivity contribution in [2.75, 3.05) is 6.54 Å². The molecular weight excluding hydrogens is 150 g/mol. The molecule has 0 amide bonds. The van der Waals surface area contributed by atoms with Crippen LogP contribution < -0.4 is 0 Å². The molecule has 0 aromatic carbocycles. The van der Waals surface area contributed by atoms with Crippen molar-refractivity contribution in [3.63, 3.8) is 0 Å². The van der Waals surface area contributed by atoms with Gasteiger partial charge in [0.2, 0.25) is 0 Å². The van der Waals surface area contributed by atoms with E-state index in [1.807, 2.05) is 0 Å². The van der Waals surface area contributed by atoms with Crippen LogP contribution in [0.25, 0.3) is 0 Å². The molecule has 12 heavy (non-hydrogen) atoms. The van der Waals surface area contributed by atoms with Gasteiger partial charge in [-0.25, -0.2) is 0 Å². The van der Waals surface area contributed by atoms with E-state index in [1.54, 1.807) is 0 Å². The largest absolute Gasteiger partial charge is 0.412 e. The number of allylic oxidation sites excluding steroid dienone is 1. The first kappa shape index (κ1) is 11.5. The van der Waals surface area contributed by atoms with Crippen molar-refractivity contribution in [1.29, 1.82) is 0 Å². The van der Waals surface area contributed by atoms with E-state index < -0.39 is 0 Å². The van der Waals surface area contributed by atoms with Crippen molar-refractivity contribution in [2.45, 2.75) is 39.7 Å². The second-order valence-electron chi connectivity index (χ2n) is 3.88. The molecule has 1 aliphatic heterocycles. The predicted molar refractivity (Wildman–Crippen MR) is 53.0 cm³/mol. The molecule has 1 rings (SSSR count). The molecule has 0 unspecified atom stereocenters. The summed E-state index contributed by atoms with van der Waals surface area (Å²) in [5, 5.41) is 0.